The van der Waals surface area contributed by atoms with E-state index in [4.69, 9.17) is 0 Å². The first-order chi connectivity index (χ1) is 9.65. The second kappa shape index (κ2) is 6.97. The van der Waals surface area contributed by atoms with Gasteiger partial charge in [0.1, 0.15) is 5.82 Å². The molecule has 2 heterocycles. The molecular formula is C15H23N3OS. The van der Waals surface area contributed by atoms with Crippen LogP contribution < -0.4 is 5.32 Å². The van der Waals surface area contributed by atoms with E-state index in [1.165, 1.54) is 0 Å². The Hall–Kier alpha value is -1.23. The van der Waals surface area contributed by atoms with Crippen LogP contribution >= 0.6 is 11.8 Å². The maximum atomic E-state index is 12.7. The van der Waals surface area contributed by atoms with Gasteiger partial charge in [-0.1, -0.05) is 13.3 Å². The summed E-state index contributed by atoms with van der Waals surface area (Å²) in [6.07, 6.45) is 1.94. The van der Waals surface area contributed by atoms with E-state index < -0.39 is 0 Å². The van der Waals surface area contributed by atoms with Crippen molar-refractivity contribution in [3.8, 4) is 0 Å². The fourth-order valence-corrected chi connectivity index (χ4v) is 3.43. The first-order valence-corrected chi connectivity index (χ1v) is 8.38. The molecule has 1 fully saturated rings. The standard InChI is InChI=1S/C15H23N3OS/c1-4-5-13-8-12(9-14(16-3)17-13)15(19)18-6-7-20-10-11(18)2/h8-9,11H,4-7,10H2,1-3H3,(H,16,17). The molecule has 0 saturated carbocycles. The van der Waals surface area contributed by atoms with Crippen LogP contribution in [0, 0.1) is 0 Å². The molecule has 1 aliphatic rings. The highest BCUT2D eigenvalue weighted by Gasteiger charge is 2.25. The highest BCUT2D eigenvalue weighted by atomic mass is 32.2. The summed E-state index contributed by atoms with van der Waals surface area (Å²) < 4.78 is 0. The molecule has 1 aliphatic heterocycles. The van der Waals surface area contributed by atoms with Crippen LogP contribution in [0.4, 0.5) is 5.82 Å². The fraction of sp³-hybridized carbons (Fsp3) is 0.600. The number of aryl methyl sites for hydroxylation is 1. The zero-order chi connectivity index (χ0) is 14.5. The normalized spacial score (nSPS) is 18.9. The number of amides is 1. The molecule has 1 saturated heterocycles. The maximum absolute atomic E-state index is 12.7. The van der Waals surface area contributed by atoms with Crippen LogP contribution in [0.25, 0.3) is 0 Å². The molecular weight excluding hydrogens is 270 g/mol. The third kappa shape index (κ3) is 3.45. The molecule has 0 aromatic carbocycles. The molecule has 0 radical (unpaired) electrons. The van der Waals surface area contributed by atoms with Crippen LogP contribution in [0.15, 0.2) is 12.1 Å². The first-order valence-electron chi connectivity index (χ1n) is 7.23. The lowest BCUT2D eigenvalue weighted by Crippen LogP contribution is -2.44. The smallest absolute Gasteiger partial charge is 0.254 e. The summed E-state index contributed by atoms with van der Waals surface area (Å²) in [6, 6.07) is 4.11. The average Bonchev–Trinajstić information content (AvgIpc) is 2.47. The number of nitrogens with zero attached hydrogens (tertiary/aromatic N) is 2. The van der Waals surface area contributed by atoms with E-state index in [0.29, 0.717) is 6.04 Å². The van der Waals surface area contributed by atoms with E-state index in [1.54, 1.807) is 0 Å². The van der Waals surface area contributed by atoms with Crippen molar-refractivity contribution in [1.29, 1.82) is 0 Å². The zero-order valence-corrected chi connectivity index (χ0v) is 13.3. The molecule has 1 aromatic rings. The molecule has 1 unspecified atom stereocenters. The monoisotopic (exact) mass is 293 g/mol. The number of carbonyl (C=O) groups excluding carboxylic acids is 1. The number of hydrogen-bond donors (Lipinski definition) is 1. The third-order valence-corrected chi connectivity index (χ3v) is 4.71. The number of pyridine rings is 1. The Morgan fingerprint density at radius 3 is 3.00 bits per heavy atom. The van der Waals surface area contributed by atoms with Crippen molar-refractivity contribution in [3.63, 3.8) is 0 Å². The molecule has 1 atom stereocenters. The Bertz CT molecular complexity index is 478. The second-order valence-corrected chi connectivity index (χ2v) is 6.30. The van der Waals surface area contributed by atoms with Gasteiger partial charge < -0.3 is 10.2 Å². The number of aromatic nitrogens is 1. The Balaban J connectivity index is 2.25. The molecule has 110 valence electrons. The van der Waals surface area contributed by atoms with Gasteiger partial charge in [0.15, 0.2) is 0 Å². The predicted octanol–water partition coefficient (Wildman–Crippen LogP) is 2.65. The minimum Gasteiger partial charge on any atom is -0.373 e. The lowest BCUT2D eigenvalue weighted by atomic mass is 10.1. The molecule has 1 N–H and O–H groups in total. The number of thioether (sulfide) groups is 1. The molecule has 0 spiro atoms. The van der Waals surface area contributed by atoms with Gasteiger partial charge in [0.05, 0.1) is 0 Å². The van der Waals surface area contributed by atoms with Gasteiger partial charge in [0.2, 0.25) is 0 Å². The fourth-order valence-electron chi connectivity index (χ4n) is 2.42. The Kier molecular flexibility index (Phi) is 5.29. The molecule has 2 rings (SSSR count). The van der Waals surface area contributed by atoms with E-state index in [9.17, 15) is 4.79 Å². The summed E-state index contributed by atoms with van der Waals surface area (Å²) in [5.41, 5.74) is 1.74. The van der Waals surface area contributed by atoms with Crippen LogP contribution in [0.2, 0.25) is 0 Å². The Labute approximate surface area is 125 Å². The van der Waals surface area contributed by atoms with Gasteiger partial charge in [-0.2, -0.15) is 11.8 Å². The van der Waals surface area contributed by atoms with Crippen LogP contribution in [-0.4, -0.2) is 46.9 Å². The van der Waals surface area contributed by atoms with Crippen molar-refractivity contribution >= 4 is 23.5 Å². The minimum atomic E-state index is 0.133. The van der Waals surface area contributed by atoms with Gasteiger partial charge in [-0.05, 0) is 25.5 Å². The molecule has 1 amide bonds. The molecule has 0 bridgehead atoms. The van der Waals surface area contributed by atoms with Gasteiger partial charge in [-0.25, -0.2) is 4.98 Å². The van der Waals surface area contributed by atoms with Crippen LogP contribution in [0.3, 0.4) is 0 Å². The van der Waals surface area contributed by atoms with E-state index in [-0.39, 0.29) is 5.91 Å². The van der Waals surface area contributed by atoms with Gasteiger partial charge >= 0.3 is 0 Å². The largest absolute Gasteiger partial charge is 0.373 e. The van der Waals surface area contributed by atoms with Crippen LogP contribution in [0.5, 0.6) is 0 Å². The van der Waals surface area contributed by atoms with Crippen molar-refractivity contribution in [2.75, 3.05) is 30.4 Å². The second-order valence-electron chi connectivity index (χ2n) is 5.15. The molecule has 20 heavy (non-hydrogen) atoms. The lowest BCUT2D eigenvalue weighted by molar-refractivity contribution is 0.0716. The lowest BCUT2D eigenvalue weighted by Gasteiger charge is -2.33. The van der Waals surface area contributed by atoms with Gasteiger partial charge in [-0.15, -0.1) is 0 Å². The van der Waals surface area contributed by atoms with Crippen molar-refractivity contribution < 1.29 is 4.79 Å². The van der Waals surface area contributed by atoms with Crippen molar-refractivity contribution in [1.82, 2.24) is 9.88 Å². The summed E-state index contributed by atoms with van der Waals surface area (Å²) in [5.74, 6) is 2.96. The summed E-state index contributed by atoms with van der Waals surface area (Å²) >= 11 is 1.92. The topological polar surface area (TPSA) is 45.2 Å². The highest BCUT2D eigenvalue weighted by Crippen LogP contribution is 2.20. The average molecular weight is 293 g/mol. The zero-order valence-electron chi connectivity index (χ0n) is 12.5. The number of nitrogens with one attached hydrogen (secondary N) is 1. The number of carbonyl (C=O) groups is 1. The number of hydrogen-bond acceptors (Lipinski definition) is 4. The van der Waals surface area contributed by atoms with Gasteiger partial charge in [-0.3, -0.25) is 4.79 Å². The summed E-state index contributed by atoms with van der Waals surface area (Å²) in [7, 11) is 1.84. The highest BCUT2D eigenvalue weighted by molar-refractivity contribution is 7.99. The number of anilines is 1. The Morgan fingerprint density at radius 2 is 2.35 bits per heavy atom. The number of rotatable bonds is 4. The van der Waals surface area contributed by atoms with Crippen molar-refractivity contribution in [2.45, 2.75) is 32.7 Å². The quantitative estimate of drug-likeness (QED) is 0.927. The molecule has 1 aromatic heterocycles. The van der Waals surface area contributed by atoms with Crippen molar-refractivity contribution in [2.24, 2.45) is 0 Å². The first kappa shape index (κ1) is 15.2. The minimum absolute atomic E-state index is 0.133. The molecule has 0 aliphatic carbocycles. The predicted molar refractivity (Wildman–Crippen MR) is 85.6 cm³/mol. The summed E-state index contributed by atoms with van der Waals surface area (Å²) in [4.78, 5) is 19.2. The SMILES string of the molecule is CCCc1cc(C(=O)N2CCSCC2C)cc(NC)n1. The summed E-state index contributed by atoms with van der Waals surface area (Å²) in [6.45, 7) is 5.08. The van der Waals surface area contributed by atoms with Crippen LogP contribution in [0.1, 0.15) is 36.3 Å². The van der Waals surface area contributed by atoms with Gasteiger partial charge in [0.25, 0.3) is 5.91 Å². The maximum Gasteiger partial charge on any atom is 0.254 e. The van der Waals surface area contributed by atoms with Gasteiger partial charge in [0, 0.05) is 42.4 Å². The van der Waals surface area contributed by atoms with E-state index >= 15 is 0 Å². The van der Waals surface area contributed by atoms with Crippen LogP contribution in [-0.2, 0) is 6.42 Å². The third-order valence-electron chi connectivity index (χ3n) is 3.52. The van der Waals surface area contributed by atoms with E-state index in [0.717, 1.165) is 48.0 Å². The van der Waals surface area contributed by atoms with E-state index in [2.05, 4.69) is 24.1 Å². The van der Waals surface area contributed by atoms with Crippen molar-refractivity contribution in [3.05, 3.63) is 23.4 Å². The van der Waals surface area contributed by atoms with E-state index in [1.807, 2.05) is 35.8 Å². The Morgan fingerprint density at radius 1 is 1.55 bits per heavy atom. The summed E-state index contributed by atoms with van der Waals surface area (Å²) in [5, 5.41) is 3.05. The molecule has 4 nitrogen and oxygen atoms in total. The molecule has 5 heteroatoms.